The predicted octanol–water partition coefficient (Wildman–Crippen LogP) is 8.22. The van der Waals surface area contributed by atoms with E-state index in [1.807, 2.05) is 0 Å². The second-order valence-corrected chi connectivity index (χ2v) is 11.6. The van der Waals surface area contributed by atoms with Crippen LogP contribution < -0.4 is 4.90 Å². The molecule has 0 radical (unpaired) electrons. The molecule has 2 nitrogen and oxygen atoms in total. The van der Waals surface area contributed by atoms with Crippen molar-refractivity contribution in [2.75, 3.05) is 11.9 Å². The Labute approximate surface area is 220 Å². The van der Waals surface area contributed by atoms with E-state index >= 15 is 0 Å². The highest BCUT2D eigenvalue weighted by atomic mass is 15.2. The van der Waals surface area contributed by atoms with Crippen molar-refractivity contribution in [3.8, 4) is 0 Å². The summed E-state index contributed by atoms with van der Waals surface area (Å²) in [5, 5.41) is 2.68. The Morgan fingerprint density at radius 3 is 2.57 bits per heavy atom. The molecule has 4 aromatic rings. The summed E-state index contributed by atoms with van der Waals surface area (Å²) >= 11 is 0. The molecule has 1 aliphatic carbocycles. The lowest BCUT2D eigenvalue weighted by molar-refractivity contribution is -0.401. The van der Waals surface area contributed by atoms with Crippen LogP contribution in [-0.2, 0) is 12.0 Å². The molecule has 0 N–H and O–H groups in total. The van der Waals surface area contributed by atoms with E-state index in [0.29, 0.717) is 12.0 Å². The summed E-state index contributed by atoms with van der Waals surface area (Å²) in [6, 6.07) is 32.1. The van der Waals surface area contributed by atoms with Gasteiger partial charge in [-0.2, -0.15) is 4.58 Å². The fraction of sp³-hybridized carbons (Fsp3) is 0.286. The molecule has 184 valence electrons. The molecule has 0 spiro atoms. The molecule has 2 heteroatoms. The minimum atomic E-state index is -0.0544. The molecule has 0 amide bonds. The van der Waals surface area contributed by atoms with Crippen molar-refractivity contribution in [3.63, 3.8) is 0 Å². The zero-order valence-corrected chi connectivity index (χ0v) is 22.1. The number of anilines is 1. The summed E-state index contributed by atoms with van der Waals surface area (Å²) in [5.41, 5.74) is 9.77. The lowest BCUT2D eigenvalue weighted by Crippen LogP contribution is -2.30. The lowest BCUT2D eigenvalue weighted by atomic mass is 9.79. The first-order valence-corrected chi connectivity index (χ1v) is 13.8. The first-order chi connectivity index (χ1) is 18.0. The normalized spacial score (nSPS) is 21.6. The molecule has 3 aliphatic rings. The van der Waals surface area contributed by atoms with Gasteiger partial charge < -0.3 is 4.90 Å². The Morgan fingerprint density at radius 1 is 0.892 bits per heavy atom. The second-order valence-electron chi connectivity index (χ2n) is 11.6. The Kier molecular flexibility index (Phi) is 5.15. The molecule has 1 saturated carbocycles. The van der Waals surface area contributed by atoms with Crippen LogP contribution in [0.25, 0.3) is 16.8 Å². The van der Waals surface area contributed by atoms with E-state index in [-0.39, 0.29) is 5.41 Å². The number of allylic oxidation sites excluding steroid dienone is 1. The molecule has 7 rings (SSSR count). The van der Waals surface area contributed by atoms with E-state index < -0.39 is 0 Å². The molecule has 2 atom stereocenters. The van der Waals surface area contributed by atoms with Crippen molar-refractivity contribution in [2.45, 2.75) is 57.0 Å². The molecule has 1 fully saturated rings. The van der Waals surface area contributed by atoms with Crippen LogP contribution in [0.3, 0.4) is 0 Å². The quantitative estimate of drug-likeness (QED) is 0.265. The van der Waals surface area contributed by atoms with E-state index in [1.165, 1.54) is 63.8 Å². The van der Waals surface area contributed by atoms with E-state index in [1.54, 1.807) is 5.56 Å². The third kappa shape index (κ3) is 3.49. The van der Waals surface area contributed by atoms with Crippen molar-refractivity contribution in [1.82, 2.24) is 0 Å². The van der Waals surface area contributed by atoms with Crippen LogP contribution in [0, 0.1) is 0 Å². The van der Waals surface area contributed by atoms with Gasteiger partial charge in [0, 0.05) is 41.9 Å². The summed E-state index contributed by atoms with van der Waals surface area (Å²) in [5.74, 6) is 0.668. The van der Waals surface area contributed by atoms with Crippen molar-refractivity contribution in [3.05, 3.63) is 113 Å². The molecular formula is C35H35N2+. The molecule has 2 heterocycles. The maximum atomic E-state index is 2.68. The van der Waals surface area contributed by atoms with Crippen LogP contribution in [-0.4, -0.2) is 23.4 Å². The zero-order chi connectivity index (χ0) is 25.1. The second kappa shape index (κ2) is 8.45. The molecule has 0 bridgehead atoms. The topological polar surface area (TPSA) is 6.25 Å². The van der Waals surface area contributed by atoms with Gasteiger partial charge in [-0.25, -0.2) is 0 Å². The first kappa shape index (κ1) is 22.5. The number of hydrogen-bond acceptors (Lipinski definition) is 1. The van der Waals surface area contributed by atoms with Gasteiger partial charge in [-0.15, -0.1) is 0 Å². The van der Waals surface area contributed by atoms with Crippen molar-refractivity contribution >= 4 is 33.9 Å². The van der Waals surface area contributed by atoms with Crippen LogP contribution in [0.2, 0.25) is 0 Å². The van der Waals surface area contributed by atoms with E-state index in [0.717, 1.165) is 6.54 Å². The van der Waals surface area contributed by atoms with Gasteiger partial charge in [0.25, 0.3) is 0 Å². The minimum Gasteiger partial charge on any atom is -0.363 e. The number of rotatable bonds is 4. The maximum Gasteiger partial charge on any atom is 0.210 e. The molecular weight excluding hydrogens is 448 g/mol. The van der Waals surface area contributed by atoms with Crippen LogP contribution in [0.4, 0.5) is 11.4 Å². The van der Waals surface area contributed by atoms with Crippen LogP contribution in [0.15, 0.2) is 91.0 Å². The molecule has 0 saturated heterocycles. The Morgan fingerprint density at radius 2 is 1.70 bits per heavy atom. The third-order valence-electron chi connectivity index (χ3n) is 9.16. The maximum absolute atomic E-state index is 2.68. The Bertz CT molecular complexity index is 1570. The molecule has 2 aliphatic heterocycles. The van der Waals surface area contributed by atoms with Gasteiger partial charge in [-0.05, 0) is 78.4 Å². The number of hydrogen-bond donors (Lipinski definition) is 0. The fourth-order valence-electron chi connectivity index (χ4n) is 7.44. The van der Waals surface area contributed by atoms with Gasteiger partial charge in [0.15, 0.2) is 5.71 Å². The summed E-state index contributed by atoms with van der Waals surface area (Å²) in [4.78, 5) is 2.68. The number of fused-ring (bicyclic) bond motifs is 6. The van der Waals surface area contributed by atoms with E-state index in [9.17, 15) is 0 Å². The molecule has 37 heavy (non-hydrogen) atoms. The highest BCUT2D eigenvalue weighted by Gasteiger charge is 2.44. The summed E-state index contributed by atoms with van der Waals surface area (Å²) < 4.78 is 2.39. The van der Waals surface area contributed by atoms with Gasteiger partial charge in [0.05, 0.1) is 5.41 Å². The van der Waals surface area contributed by atoms with Gasteiger partial charge >= 0.3 is 0 Å². The third-order valence-corrected chi connectivity index (χ3v) is 9.16. The predicted molar refractivity (Wildman–Crippen MR) is 156 cm³/mol. The van der Waals surface area contributed by atoms with Crippen LogP contribution >= 0.6 is 0 Å². The highest BCUT2D eigenvalue weighted by Crippen LogP contribution is 2.50. The van der Waals surface area contributed by atoms with Crippen molar-refractivity contribution in [1.29, 1.82) is 0 Å². The smallest absolute Gasteiger partial charge is 0.210 e. The lowest BCUT2D eigenvalue weighted by Gasteiger charge is -2.27. The number of benzene rings is 4. The highest BCUT2D eigenvalue weighted by molar-refractivity contribution is 6.09. The summed E-state index contributed by atoms with van der Waals surface area (Å²) in [6.45, 7) is 5.75. The fourth-order valence-corrected chi connectivity index (χ4v) is 7.44. The van der Waals surface area contributed by atoms with Crippen LogP contribution in [0.1, 0.15) is 61.3 Å². The van der Waals surface area contributed by atoms with E-state index in [4.69, 9.17) is 0 Å². The Hall–Kier alpha value is -3.65. The van der Waals surface area contributed by atoms with Gasteiger partial charge in [-0.3, -0.25) is 0 Å². The number of nitrogens with zero attached hydrogens (tertiary/aromatic N) is 2. The minimum absolute atomic E-state index is 0.0544. The summed E-state index contributed by atoms with van der Waals surface area (Å²) in [6.07, 6.45) is 8.65. The first-order valence-electron chi connectivity index (χ1n) is 13.8. The van der Waals surface area contributed by atoms with Gasteiger partial charge in [-0.1, -0.05) is 67.1 Å². The van der Waals surface area contributed by atoms with E-state index in [2.05, 4.69) is 127 Å². The molecule has 2 unspecified atom stereocenters. The average Bonchev–Trinajstić information content (AvgIpc) is 3.56. The largest absolute Gasteiger partial charge is 0.363 e. The van der Waals surface area contributed by atoms with Crippen LogP contribution in [0.5, 0.6) is 0 Å². The molecule has 4 aromatic carbocycles. The van der Waals surface area contributed by atoms with Gasteiger partial charge in [0.1, 0.15) is 7.05 Å². The SMILES string of the molecule is C[N+]1=C(/C=C/c2ccc3c(c2)C2CCCC2N3Cc2ccccc2)C(C)(C)c2c1ccc1ccccc21. The Balaban J connectivity index is 1.22. The summed E-state index contributed by atoms with van der Waals surface area (Å²) in [7, 11) is 2.22. The zero-order valence-electron chi connectivity index (χ0n) is 22.1. The van der Waals surface area contributed by atoms with Crippen molar-refractivity contribution in [2.24, 2.45) is 0 Å². The monoisotopic (exact) mass is 483 g/mol. The van der Waals surface area contributed by atoms with Gasteiger partial charge in [0.2, 0.25) is 5.69 Å². The average molecular weight is 484 g/mol. The molecule has 0 aromatic heterocycles. The standard InChI is InChI=1S/C35H35N2/c1-35(2)33(36(3)32-20-18-26-12-7-8-13-27(26)34(32)35)21-17-24-16-19-31-29(22-24)28-14-9-15-30(28)37(31)23-25-10-5-4-6-11-25/h4-8,10-13,16-22,28,30H,9,14-15,23H2,1-3H3/q+1. The van der Waals surface area contributed by atoms with Crippen molar-refractivity contribution < 1.29 is 4.58 Å².